The van der Waals surface area contributed by atoms with Crippen molar-refractivity contribution in [3.63, 3.8) is 0 Å². The van der Waals surface area contributed by atoms with Crippen LogP contribution in [0.3, 0.4) is 0 Å². The number of aryl methyl sites for hydroxylation is 1. The first kappa shape index (κ1) is 13.0. The van der Waals surface area contributed by atoms with E-state index in [2.05, 4.69) is 6.92 Å². The summed E-state index contributed by atoms with van der Waals surface area (Å²) in [4.78, 5) is 12.2. The SMILES string of the molecule is CCCCn1c(C)ccc(C(C)(C)N)c1=O. The maximum atomic E-state index is 12.2. The molecule has 1 aromatic heterocycles. The van der Waals surface area contributed by atoms with Crippen molar-refractivity contribution in [1.82, 2.24) is 4.57 Å². The number of nitrogens with two attached hydrogens (primary N) is 1. The van der Waals surface area contributed by atoms with E-state index in [1.807, 2.05) is 37.5 Å². The molecule has 1 rings (SSSR count). The van der Waals surface area contributed by atoms with Crippen molar-refractivity contribution < 1.29 is 0 Å². The van der Waals surface area contributed by atoms with E-state index in [1.54, 1.807) is 0 Å². The van der Waals surface area contributed by atoms with Crippen molar-refractivity contribution in [3.8, 4) is 0 Å². The van der Waals surface area contributed by atoms with Crippen molar-refractivity contribution in [2.45, 2.75) is 52.6 Å². The van der Waals surface area contributed by atoms with Gasteiger partial charge < -0.3 is 10.3 Å². The largest absolute Gasteiger partial charge is 0.322 e. The van der Waals surface area contributed by atoms with Gasteiger partial charge in [0.1, 0.15) is 0 Å². The van der Waals surface area contributed by atoms with Crippen LogP contribution in [0.4, 0.5) is 0 Å². The molecule has 16 heavy (non-hydrogen) atoms. The van der Waals surface area contributed by atoms with E-state index < -0.39 is 5.54 Å². The van der Waals surface area contributed by atoms with Crippen molar-refractivity contribution in [3.05, 3.63) is 33.7 Å². The molecular weight excluding hydrogens is 200 g/mol. The molecule has 0 amide bonds. The summed E-state index contributed by atoms with van der Waals surface area (Å²) >= 11 is 0. The number of pyridine rings is 1. The van der Waals surface area contributed by atoms with Crippen LogP contribution in [0.5, 0.6) is 0 Å². The number of hydrogen-bond acceptors (Lipinski definition) is 2. The molecule has 0 saturated heterocycles. The summed E-state index contributed by atoms with van der Waals surface area (Å²) in [5, 5.41) is 0. The van der Waals surface area contributed by atoms with Gasteiger partial charge in [-0.3, -0.25) is 4.79 Å². The van der Waals surface area contributed by atoms with Gasteiger partial charge in [0.25, 0.3) is 5.56 Å². The van der Waals surface area contributed by atoms with E-state index in [4.69, 9.17) is 5.73 Å². The molecule has 1 aromatic rings. The average Bonchev–Trinajstić information content (AvgIpc) is 2.15. The molecule has 0 atom stereocenters. The van der Waals surface area contributed by atoms with E-state index in [1.165, 1.54) is 0 Å². The molecule has 0 aliphatic carbocycles. The fraction of sp³-hybridized carbons (Fsp3) is 0.615. The lowest BCUT2D eigenvalue weighted by Gasteiger charge is -2.20. The molecule has 90 valence electrons. The van der Waals surface area contributed by atoms with E-state index in [0.29, 0.717) is 5.56 Å². The fourth-order valence-corrected chi connectivity index (χ4v) is 1.76. The Morgan fingerprint density at radius 2 is 2.00 bits per heavy atom. The molecule has 0 fully saturated rings. The molecule has 3 heteroatoms. The van der Waals surface area contributed by atoms with E-state index in [9.17, 15) is 4.79 Å². The van der Waals surface area contributed by atoms with Gasteiger partial charge in [-0.05, 0) is 39.3 Å². The van der Waals surface area contributed by atoms with Crippen LogP contribution in [0.25, 0.3) is 0 Å². The van der Waals surface area contributed by atoms with Crippen LogP contribution >= 0.6 is 0 Å². The van der Waals surface area contributed by atoms with Crippen LogP contribution in [-0.2, 0) is 12.1 Å². The standard InChI is InChI=1S/C13H22N2O/c1-5-6-9-15-10(2)7-8-11(12(15)16)13(3,4)14/h7-8H,5-6,9,14H2,1-4H3. The Morgan fingerprint density at radius 1 is 1.38 bits per heavy atom. The third-order valence-electron chi connectivity index (χ3n) is 2.82. The Labute approximate surface area is 97.3 Å². The fourth-order valence-electron chi connectivity index (χ4n) is 1.76. The summed E-state index contributed by atoms with van der Waals surface area (Å²) in [6.45, 7) is 8.60. The molecule has 3 nitrogen and oxygen atoms in total. The molecule has 1 heterocycles. The van der Waals surface area contributed by atoms with Crippen molar-refractivity contribution in [1.29, 1.82) is 0 Å². The Balaban J connectivity index is 3.22. The van der Waals surface area contributed by atoms with Crippen molar-refractivity contribution in [2.24, 2.45) is 5.73 Å². The predicted octanol–water partition coefficient (Wildman–Crippen LogP) is 2.15. The highest BCUT2D eigenvalue weighted by Gasteiger charge is 2.19. The van der Waals surface area contributed by atoms with Crippen LogP contribution < -0.4 is 11.3 Å². The molecule has 0 saturated carbocycles. The zero-order valence-corrected chi connectivity index (χ0v) is 10.7. The smallest absolute Gasteiger partial charge is 0.255 e. The third-order valence-corrected chi connectivity index (χ3v) is 2.82. The molecule has 0 aromatic carbocycles. The Kier molecular flexibility index (Phi) is 3.92. The van der Waals surface area contributed by atoms with Crippen LogP contribution in [0.2, 0.25) is 0 Å². The van der Waals surface area contributed by atoms with Gasteiger partial charge in [-0.2, -0.15) is 0 Å². The highest BCUT2D eigenvalue weighted by atomic mass is 16.1. The summed E-state index contributed by atoms with van der Waals surface area (Å²) in [6, 6.07) is 3.82. The molecule has 0 aliphatic heterocycles. The highest BCUT2D eigenvalue weighted by Crippen LogP contribution is 2.13. The van der Waals surface area contributed by atoms with Gasteiger partial charge in [-0.15, -0.1) is 0 Å². The molecule has 0 unspecified atom stereocenters. The molecule has 2 N–H and O–H groups in total. The Hall–Kier alpha value is -1.09. The van der Waals surface area contributed by atoms with Crippen LogP contribution in [0.1, 0.15) is 44.9 Å². The summed E-state index contributed by atoms with van der Waals surface area (Å²) in [6.07, 6.45) is 2.11. The second-order valence-corrected chi connectivity index (χ2v) is 4.92. The van der Waals surface area contributed by atoms with Crippen molar-refractivity contribution >= 4 is 0 Å². The average molecular weight is 222 g/mol. The minimum absolute atomic E-state index is 0.0564. The number of hydrogen-bond donors (Lipinski definition) is 1. The van der Waals surface area contributed by atoms with Gasteiger partial charge in [0, 0.05) is 23.3 Å². The summed E-state index contributed by atoms with van der Waals surface area (Å²) in [5.41, 5.74) is 7.17. The first-order chi connectivity index (χ1) is 7.38. The van der Waals surface area contributed by atoms with Crippen LogP contribution in [0.15, 0.2) is 16.9 Å². The minimum Gasteiger partial charge on any atom is -0.322 e. The monoisotopic (exact) mass is 222 g/mol. The number of unbranched alkanes of at least 4 members (excludes halogenated alkanes) is 1. The molecule has 0 radical (unpaired) electrons. The normalized spacial score (nSPS) is 11.8. The minimum atomic E-state index is -0.571. The summed E-state index contributed by atoms with van der Waals surface area (Å²) < 4.78 is 1.83. The van der Waals surface area contributed by atoms with Gasteiger partial charge in [0.15, 0.2) is 0 Å². The predicted molar refractivity (Wildman–Crippen MR) is 67.6 cm³/mol. The first-order valence-electron chi connectivity index (χ1n) is 5.87. The maximum Gasteiger partial charge on any atom is 0.255 e. The second-order valence-electron chi connectivity index (χ2n) is 4.92. The number of aromatic nitrogens is 1. The van der Waals surface area contributed by atoms with Gasteiger partial charge in [0.05, 0.1) is 0 Å². The van der Waals surface area contributed by atoms with E-state index in [-0.39, 0.29) is 5.56 Å². The first-order valence-corrected chi connectivity index (χ1v) is 5.87. The summed E-state index contributed by atoms with van der Waals surface area (Å²) in [5.74, 6) is 0. The highest BCUT2D eigenvalue weighted by molar-refractivity contribution is 5.21. The van der Waals surface area contributed by atoms with E-state index >= 15 is 0 Å². The van der Waals surface area contributed by atoms with Gasteiger partial charge in [0.2, 0.25) is 0 Å². The third kappa shape index (κ3) is 2.73. The Bertz CT molecular complexity index is 413. The lowest BCUT2D eigenvalue weighted by molar-refractivity contribution is 0.522. The van der Waals surface area contributed by atoms with Crippen LogP contribution in [-0.4, -0.2) is 4.57 Å². The van der Waals surface area contributed by atoms with Gasteiger partial charge in [-0.25, -0.2) is 0 Å². The molecular formula is C13H22N2O. The molecule has 0 bridgehead atoms. The lowest BCUT2D eigenvalue weighted by Crippen LogP contribution is -2.38. The topological polar surface area (TPSA) is 48.0 Å². The summed E-state index contributed by atoms with van der Waals surface area (Å²) in [7, 11) is 0. The zero-order valence-electron chi connectivity index (χ0n) is 10.7. The van der Waals surface area contributed by atoms with Gasteiger partial charge in [-0.1, -0.05) is 13.3 Å². The van der Waals surface area contributed by atoms with E-state index in [0.717, 1.165) is 25.1 Å². The molecule has 0 aliphatic rings. The quantitative estimate of drug-likeness (QED) is 0.848. The second kappa shape index (κ2) is 4.83. The maximum absolute atomic E-state index is 12.2. The van der Waals surface area contributed by atoms with Crippen molar-refractivity contribution in [2.75, 3.05) is 0 Å². The van der Waals surface area contributed by atoms with Gasteiger partial charge >= 0.3 is 0 Å². The number of rotatable bonds is 4. The zero-order chi connectivity index (χ0) is 12.3. The number of nitrogens with zero attached hydrogens (tertiary/aromatic N) is 1. The van der Waals surface area contributed by atoms with Crippen LogP contribution in [0, 0.1) is 6.92 Å². The lowest BCUT2D eigenvalue weighted by atomic mass is 9.97. The Morgan fingerprint density at radius 3 is 2.50 bits per heavy atom. The molecule has 0 spiro atoms.